The van der Waals surface area contributed by atoms with Crippen molar-refractivity contribution in [3.63, 3.8) is 0 Å². The highest BCUT2D eigenvalue weighted by Gasteiger charge is 2.20. The molecule has 2 N–H and O–H groups in total. The fraction of sp³-hybridized carbons (Fsp3) is 0.235. The van der Waals surface area contributed by atoms with Crippen molar-refractivity contribution in [2.75, 3.05) is 0 Å². The van der Waals surface area contributed by atoms with E-state index < -0.39 is 16.0 Å². The Bertz CT molecular complexity index is 822. The quantitative estimate of drug-likeness (QED) is 0.786. The molecule has 0 radical (unpaired) electrons. The fourth-order valence-corrected chi connectivity index (χ4v) is 3.76. The van der Waals surface area contributed by atoms with Crippen LogP contribution in [0.5, 0.6) is 0 Å². The Morgan fingerprint density at radius 3 is 2.50 bits per heavy atom. The normalized spacial score (nSPS) is 12.8. The van der Waals surface area contributed by atoms with E-state index in [1.807, 2.05) is 30.3 Å². The first-order valence-corrected chi connectivity index (χ1v) is 9.25. The van der Waals surface area contributed by atoms with E-state index in [0.717, 1.165) is 18.1 Å². The van der Waals surface area contributed by atoms with Gasteiger partial charge in [-0.05, 0) is 43.5 Å². The summed E-state index contributed by atoms with van der Waals surface area (Å²) in [5, 5.41) is 9.05. The van der Waals surface area contributed by atoms with E-state index in [2.05, 4.69) is 4.72 Å². The Morgan fingerprint density at radius 2 is 1.88 bits per heavy atom. The topological polar surface area (TPSA) is 83.5 Å². The van der Waals surface area contributed by atoms with Crippen molar-refractivity contribution in [1.29, 1.82) is 0 Å². The Balaban J connectivity index is 2.07. The van der Waals surface area contributed by atoms with Crippen LogP contribution in [0.3, 0.4) is 0 Å². The monoisotopic (exact) mass is 367 g/mol. The molecular weight excluding hydrogens is 350 g/mol. The number of sulfonamides is 1. The van der Waals surface area contributed by atoms with Gasteiger partial charge in [-0.1, -0.05) is 41.9 Å². The molecule has 0 saturated heterocycles. The largest absolute Gasteiger partial charge is 0.478 e. The molecule has 7 heteroatoms. The molecule has 0 aliphatic heterocycles. The summed E-state index contributed by atoms with van der Waals surface area (Å²) in [7, 11) is -3.81. The lowest BCUT2D eigenvalue weighted by molar-refractivity contribution is 0.0697. The second kappa shape index (κ2) is 7.79. The van der Waals surface area contributed by atoms with Gasteiger partial charge in [-0.25, -0.2) is 17.9 Å². The van der Waals surface area contributed by atoms with Crippen molar-refractivity contribution in [3.8, 4) is 0 Å². The van der Waals surface area contributed by atoms with Crippen molar-refractivity contribution >= 4 is 27.6 Å². The maximum absolute atomic E-state index is 12.4. The molecule has 0 amide bonds. The number of carboxylic acids is 1. The standard InChI is InChI=1S/C17H18ClNO4S/c1-12(7-8-13-5-3-2-4-6-13)19-24(22,23)14-9-10-16(18)15(11-14)17(20)21/h2-6,9-12,19H,7-8H2,1H3,(H,20,21)/t12-/m1/s1. The minimum absolute atomic E-state index is 0.00132. The number of carbonyl (C=O) groups is 1. The van der Waals surface area contributed by atoms with E-state index >= 15 is 0 Å². The summed E-state index contributed by atoms with van der Waals surface area (Å²) in [6, 6.07) is 13.1. The van der Waals surface area contributed by atoms with E-state index in [1.165, 1.54) is 12.1 Å². The van der Waals surface area contributed by atoms with Crippen LogP contribution in [-0.2, 0) is 16.4 Å². The summed E-state index contributed by atoms with van der Waals surface area (Å²) in [4.78, 5) is 11.0. The van der Waals surface area contributed by atoms with Gasteiger partial charge in [0.25, 0.3) is 0 Å². The summed E-state index contributed by atoms with van der Waals surface area (Å²) in [6.07, 6.45) is 1.37. The van der Waals surface area contributed by atoms with Crippen LogP contribution in [0.25, 0.3) is 0 Å². The third-order valence-electron chi connectivity index (χ3n) is 3.54. The summed E-state index contributed by atoms with van der Waals surface area (Å²) < 4.78 is 27.4. The Morgan fingerprint density at radius 1 is 1.21 bits per heavy atom. The van der Waals surface area contributed by atoms with Crippen molar-refractivity contribution in [1.82, 2.24) is 4.72 Å². The molecule has 0 aliphatic rings. The molecule has 2 aromatic carbocycles. The minimum atomic E-state index is -3.81. The van der Waals surface area contributed by atoms with Gasteiger partial charge in [0.1, 0.15) is 0 Å². The van der Waals surface area contributed by atoms with Crippen LogP contribution in [0.15, 0.2) is 53.4 Å². The third kappa shape index (κ3) is 4.80. The smallest absolute Gasteiger partial charge is 0.337 e. The first-order chi connectivity index (χ1) is 11.3. The number of hydrogen-bond acceptors (Lipinski definition) is 3. The average Bonchev–Trinajstić information content (AvgIpc) is 2.53. The molecule has 0 spiro atoms. The van der Waals surface area contributed by atoms with Gasteiger partial charge in [0.2, 0.25) is 10.0 Å². The van der Waals surface area contributed by atoms with E-state index in [9.17, 15) is 13.2 Å². The summed E-state index contributed by atoms with van der Waals surface area (Å²) >= 11 is 5.77. The minimum Gasteiger partial charge on any atom is -0.478 e. The highest BCUT2D eigenvalue weighted by molar-refractivity contribution is 7.89. The summed E-state index contributed by atoms with van der Waals surface area (Å²) in [5.41, 5.74) is 0.889. The molecule has 24 heavy (non-hydrogen) atoms. The molecule has 0 bridgehead atoms. The highest BCUT2D eigenvalue weighted by Crippen LogP contribution is 2.21. The number of halogens is 1. The lowest BCUT2D eigenvalue weighted by atomic mass is 10.1. The first kappa shape index (κ1) is 18.4. The van der Waals surface area contributed by atoms with Gasteiger partial charge in [-0.2, -0.15) is 0 Å². The lowest BCUT2D eigenvalue weighted by Gasteiger charge is -2.15. The van der Waals surface area contributed by atoms with Gasteiger partial charge >= 0.3 is 5.97 Å². The van der Waals surface area contributed by atoms with Gasteiger partial charge in [0.05, 0.1) is 15.5 Å². The molecule has 0 heterocycles. The van der Waals surface area contributed by atoms with Crippen LogP contribution in [-0.4, -0.2) is 25.5 Å². The first-order valence-electron chi connectivity index (χ1n) is 7.38. The Labute approximate surface area is 146 Å². The summed E-state index contributed by atoms with van der Waals surface area (Å²) in [6.45, 7) is 1.77. The van der Waals surface area contributed by atoms with E-state index in [0.29, 0.717) is 6.42 Å². The molecule has 0 saturated carbocycles. The number of benzene rings is 2. The Kier molecular flexibility index (Phi) is 5.99. The van der Waals surface area contributed by atoms with Gasteiger partial charge in [0.15, 0.2) is 0 Å². The molecule has 0 unspecified atom stereocenters. The SMILES string of the molecule is C[C@H](CCc1ccccc1)NS(=O)(=O)c1ccc(Cl)c(C(=O)O)c1. The molecule has 1 atom stereocenters. The van der Waals surface area contributed by atoms with Gasteiger partial charge in [-0.3, -0.25) is 0 Å². The zero-order valence-electron chi connectivity index (χ0n) is 13.1. The molecule has 128 valence electrons. The number of aryl methyl sites for hydroxylation is 1. The second-order valence-electron chi connectivity index (χ2n) is 5.49. The van der Waals surface area contributed by atoms with E-state index in [4.69, 9.17) is 16.7 Å². The highest BCUT2D eigenvalue weighted by atomic mass is 35.5. The molecule has 5 nitrogen and oxygen atoms in total. The predicted molar refractivity (Wildman–Crippen MR) is 93.0 cm³/mol. The van der Waals surface area contributed by atoms with Crippen molar-refractivity contribution < 1.29 is 18.3 Å². The number of rotatable bonds is 7. The number of aromatic carboxylic acids is 1. The van der Waals surface area contributed by atoms with Crippen molar-refractivity contribution in [2.45, 2.75) is 30.7 Å². The van der Waals surface area contributed by atoms with Crippen LogP contribution in [0, 0.1) is 0 Å². The van der Waals surface area contributed by atoms with E-state index in [1.54, 1.807) is 6.92 Å². The fourth-order valence-electron chi connectivity index (χ4n) is 2.26. The van der Waals surface area contributed by atoms with Crippen LogP contribution in [0.2, 0.25) is 5.02 Å². The second-order valence-corrected chi connectivity index (χ2v) is 7.61. The number of nitrogens with one attached hydrogen (secondary N) is 1. The average molecular weight is 368 g/mol. The molecule has 0 fully saturated rings. The van der Waals surface area contributed by atoms with Crippen LogP contribution in [0.4, 0.5) is 0 Å². The molecule has 2 aromatic rings. The number of carboxylic acid groups (broad SMARTS) is 1. The van der Waals surface area contributed by atoms with Crippen molar-refractivity contribution in [3.05, 3.63) is 64.7 Å². The van der Waals surface area contributed by atoms with Crippen LogP contribution >= 0.6 is 11.6 Å². The zero-order chi connectivity index (χ0) is 17.7. The van der Waals surface area contributed by atoms with Gasteiger partial charge in [-0.15, -0.1) is 0 Å². The lowest BCUT2D eigenvalue weighted by Crippen LogP contribution is -2.33. The van der Waals surface area contributed by atoms with Crippen molar-refractivity contribution in [2.24, 2.45) is 0 Å². The van der Waals surface area contributed by atoms with Gasteiger partial charge in [0, 0.05) is 6.04 Å². The third-order valence-corrected chi connectivity index (χ3v) is 5.46. The van der Waals surface area contributed by atoms with Crippen LogP contribution < -0.4 is 4.72 Å². The molecule has 2 rings (SSSR count). The molecule has 0 aliphatic carbocycles. The van der Waals surface area contributed by atoms with Gasteiger partial charge < -0.3 is 5.11 Å². The number of hydrogen-bond donors (Lipinski definition) is 2. The predicted octanol–water partition coefficient (Wildman–Crippen LogP) is 3.34. The maximum Gasteiger partial charge on any atom is 0.337 e. The van der Waals surface area contributed by atoms with E-state index in [-0.39, 0.29) is 21.5 Å². The molecule has 0 aromatic heterocycles. The molecular formula is C17H18ClNO4S. The Hall–Kier alpha value is -1.89. The van der Waals surface area contributed by atoms with Crippen LogP contribution in [0.1, 0.15) is 29.3 Å². The maximum atomic E-state index is 12.4. The summed E-state index contributed by atoms with van der Waals surface area (Å²) in [5.74, 6) is -1.27. The zero-order valence-corrected chi connectivity index (χ0v) is 14.6.